The summed E-state index contributed by atoms with van der Waals surface area (Å²) in [6, 6.07) is 0. The van der Waals surface area contributed by atoms with E-state index in [2.05, 4.69) is 4.74 Å². The molecule has 0 N–H and O–H groups in total. The molecule has 0 fully saturated rings. The largest absolute Gasteiger partial charge is 0.469 e. The molecule has 0 spiro atoms. The SMILES string of the molecule is CCOC(=O)C(C(C)=O)C(C)C(=O)OC. The van der Waals surface area contributed by atoms with Crippen LogP contribution in [0.1, 0.15) is 20.8 Å². The minimum atomic E-state index is -1.07. The predicted molar refractivity (Wildman–Crippen MR) is 52.0 cm³/mol. The molecule has 0 heterocycles. The van der Waals surface area contributed by atoms with Crippen LogP contribution in [-0.2, 0) is 23.9 Å². The van der Waals surface area contributed by atoms with E-state index in [4.69, 9.17) is 4.74 Å². The molecule has 0 aromatic carbocycles. The Morgan fingerprint density at radius 3 is 2.07 bits per heavy atom. The molecule has 15 heavy (non-hydrogen) atoms. The van der Waals surface area contributed by atoms with Crippen LogP contribution < -0.4 is 0 Å². The van der Waals surface area contributed by atoms with Crippen LogP contribution in [-0.4, -0.2) is 31.4 Å². The molecule has 0 aliphatic heterocycles. The van der Waals surface area contributed by atoms with Gasteiger partial charge >= 0.3 is 11.9 Å². The Labute approximate surface area is 88.7 Å². The summed E-state index contributed by atoms with van der Waals surface area (Å²) < 4.78 is 9.19. The van der Waals surface area contributed by atoms with Gasteiger partial charge in [-0.25, -0.2) is 0 Å². The van der Waals surface area contributed by atoms with Crippen molar-refractivity contribution >= 4 is 17.7 Å². The lowest BCUT2D eigenvalue weighted by Crippen LogP contribution is -2.35. The van der Waals surface area contributed by atoms with E-state index in [0.29, 0.717) is 0 Å². The van der Waals surface area contributed by atoms with Crippen LogP contribution in [0.2, 0.25) is 0 Å². The topological polar surface area (TPSA) is 69.7 Å². The van der Waals surface area contributed by atoms with E-state index in [1.54, 1.807) is 6.92 Å². The summed E-state index contributed by atoms with van der Waals surface area (Å²) in [5.74, 6) is -3.55. The maximum absolute atomic E-state index is 11.4. The van der Waals surface area contributed by atoms with Crippen LogP contribution in [0.5, 0.6) is 0 Å². The third-order valence-corrected chi connectivity index (χ3v) is 2.05. The smallest absolute Gasteiger partial charge is 0.317 e. The van der Waals surface area contributed by atoms with Gasteiger partial charge in [-0.15, -0.1) is 0 Å². The second-order valence-corrected chi connectivity index (χ2v) is 3.15. The molecule has 5 nitrogen and oxygen atoms in total. The maximum atomic E-state index is 11.4. The van der Waals surface area contributed by atoms with E-state index >= 15 is 0 Å². The van der Waals surface area contributed by atoms with Crippen molar-refractivity contribution in [3.63, 3.8) is 0 Å². The quantitative estimate of drug-likeness (QED) is 0.496. The summed E-state index contributed by atoms with van der Waals surface area (Å²) in [6.45, 7) is 4.53. The molecular weight excluding hydrogens is 200 g/mol. The van der Waals surface area contributed by atoms with Crippen LogP contribution in [0.4, 0.5) is 0 Å². The molecule has 86 valence electrons. The molecule has 0 amide bonds. The number of esters is 2. The highest BCUT2D eigenvalue weighted by molar-refractivity contribution is 6.01. The first kappa shape index (κ1) is 13.6. The van der Waals surface area contributed by atoms with Gasteiger partial charge in [0.25, 0.3) is 0 Å². The van der Waals surface area contributed by atoms with Crippen molar-refractivity contribution in [2.24, 2.45) is 11.8 Å². The summed E-state index contributed by atoms with van der Waals surface area (Å²) in [7, 11) is 1.21. The van der Waals surface area contributed by atoms with Crippen LogP contribution in [0.3, 0.4) is 0 Å². The normalized spacial score (nSPS) is 13.9. The second-order valence-electron chi connectivity index (χ2n) is 3.15. The number of carbonyl (C=O) groups is 3. The van der Waals surface area contributed by atoms with E-state index in [0.717, 1.165) is 0 Å². The summed E-state index contributed by atoms with van der Waals surface area (Å²) in [4.78, 5) is 33.8. The molecule has 2 atom stereocenters. The van der Waals surface area contributed by atoms with Crippen molar-refractivity contribution < 1.29 is 23.9 Å². The van der Waals surface area contributed by atoms with Gasteiger partial charge in [0.05, 0.1) is 19.6 Å². The molecule has 0 aliphatic rings. The first-order valence-corrected chi connectivity index (χ1v) is 4.70. The average molecular weight is 216 g/mol. The molecule has 0 aromatic rings. The number of ether oxygens (including phenoxy) is 2. The zero-order valence-corrected chi connectivity index (χ0v) is 9.40. The Bertz CT molecular complexity index is 259. The molecule has 0 aromatic heterocycles. The van der Waals surface area contributed by atoms with Gasteiger partial charge in [-0.3, -0.25) is 14.4 Å². The molecule has 0 aliphatic carbocycles. The number of methoxy groups -OCH3 is 1. The molecular formula is C10H16O5. The molecule has 0 rings (SSSR count). The highest BCUT2D eigenvalue weighted by atomic mass is 16.5. The first-order valence-electron chi connectivity index (χ1n) is 4.70. The van der Waals surface area contributed by atoms with E-state index in [1.807, 2.05) is 0 Å². The Kier molecular flexibility index (Phi) is 5.59. The van der Waals surface area contributed by atoms with Crippen molar-refractivity contribution in [2.45, 2.75) is 20.8 Å². The molecule has 0 saturated carbocycles. The summed E-state index contributed by atoms with van der Waals surface area (Å²) in [5.41, 5.74) is 0. The number of rotatable bonds is 5. The van der Waals surface area contributed by atoms with Crippen molar-refractivity contribution in [1.29, 1.82) is 0 Å². The minimum Gasteiger partial charge on any atom is -0.469 e. The van der Waals surface area contributed by atoms with Gasteiger partial charge in [-0.05, 0) is 13.8 Å². The fraction of sp³-hybridized carbons (Fsp3) is 0.700. The summed E-state index contributed by atoms with van der Waals surface area (Å²) in [6.07, 6.45) is 0. The maximum Gasteiger partial charge on any atom is 0.317 e. The van der Waals surface area contributed by atoms with Crippen molar-refractivity contribution in [3.05, 3.63) is 0 Å². The lowest BCUT2D eigenvalue weighted by molar-refractivity contribution is -0.161. The Balaban J connectivity index is 4.73. The molecule has 0 bridgehead atoms. The second kappa shape index (κ2) is 6.16. The van der Waals surface area contributed by atoms with Gasteiger partial charge in [0.15, 0.2) is 0 Å². The predicted octanol–water partition coefficient (Wildman–Crippen LogP) is 0.564. The van der Waals surface area contributed by atoms with Crippen LogP contribution in [0, 0.1) is 11.8 Å². The van der Waals surface area contributed by atoms with Gasteiger partial charge in [-0.1, -0.05) is 6.92 Å². The number of Topliss-reactive ketones (excluding diaryl/α,β-unsaturated/α-hetero) is 1. The molecule has 2 unspecified atom stereocenters. The first-order chi connectivity index (χ1) is 6.95. The molecule has 0 radical (unpaired) electrons. The number of hydrogen-bond acceptors (Lipinski definition) is 5. The fourth-order valence-electron chi connectivity index (χ4n) is 1.28. The zero-order valence-electron chi connectivity index (χ0n) is 9.40. The van der Waals surface area contributed by atoms with Gasteiger partial charge < -0.3 is 9.47 Å². The van der Waals surface area contributed by atoms with Crippen molar-refractivity contribution in [3.8, 4) is 0 Å². The lowest BCUT2D eigenvalue weighted by Gasteiger charge is -2.17. The highest BCUT2D eigenvalue weighted by Crippen LogP contribution is 2.16. The van der Waals surface area contributed by atoms with Crippen molar-refractivity contribution in [1.82, 2.24) is 0 Å². The Morgan fingerprint density at radius 2 is 1.73 bits per heavy atom. The van der Waals surface area contributed by atoms with E-state index < -0.39 is 29.6 Å². The van der Waals surface area contributed by atoms with Crippen molar-refractivity contribution in [2.75, 3.05) is 13.7 Å². The van der Waals surface area contributed by atoms with E-state index in [1.165, 1.54) is 21.0 Å². The number of carbonyl (C=O) groups excluding carboxylic acids is 3. The van der Waals surface area contributed by atoms with Crippen LogP contribution in [0.25, 0.3) is 0 Å². The number of hydrogen-bond donors (Lipinski definition) is 0. The van der Waals surface area contributed by atoms with Crippen LogP contribution >= 0.6 is 0 Å². The lowest BCUT2D eigenvalue weighted by atomic mass is 9.91. The van der Waals surface area contributed by atoms with Gasteiger partial charge in [0.2, 0.25) is 0 Å². The van der Waals surface area contributed by atoms with E-state index in [-0.39, 0.29) is 6.61 Å². The molecule has 0 saturated heterocycles. The van der Waals surface area contributed by atoms with Gasteiger partial charge in [-0.2, -0.15) is 0 Å². The van der Waals surface area contributed by atoms with Crippen LogP contribution in [0.15, 0.2) is 0 Å². The Hall–Kier alpha value is -1.39. The number of ketones is 1. The van der Waals surface area contributed by atoms with Gasteiger partial charge in [0, 0.05) is 0 Å². The van der Waals surface area contributed by atoms with Gasteiger partial charge in [0.1, 0.15) is 11.7 Å². The fourth-order valence-corrected chi connectivity index (χ4v) is 1.28. The minimum absolute atomic E-state index is 0.177. The Morgan fingerprint density at radius 1 is 1.20 bits per heavy atom. The van der Waals surface area contributed by atoms with E-state index in [9.17, 15) is 14.4 Å². The average Bonchev–Trinajstić information content (AvgIpc) is 2.16. The standard InChI is InChI=1S/C10H16O5/c1-5-15-10(13)8(7(3)11)6(2)9(12)14-4/h6,8H,5H2,1-4H3. The third kappa shape index (κ3) is 3.69. The zero-order chi connectivity index (χ0) is 12.0. The summed E-state index contributed by atoms with van der Waals surface area (Å²) in [5, 5.41) is 0. The third-order valence-electron chi connectivity index (χ3n) is 2.05. The summed E-state index contributed by atoms with van der Waals surface area (Å²) >= 11 is 0. The monoisotopic (exact) mass is 216 g/mol. The molecule has 5 heteroatoms. The highest BCUT2D eigenvalue weighted by Gasteiger charge is 2.35.